The van der Waals surface area contributed by atoms with Gasteiger partial charge >= 0.3 is 0 Å². The number of nitrogens with two attached hydrogens (primary N) is 2. The fourth-order valence-electron chi connectivity index (χ4n) is 6.72. The van der Waals surface area contributed by atoms with Crippen molar-refractivity contribution in [1.82, 2.24) is 0 Å². The molecule has 0 atom stereocenters. The van der Waals surface area contributed by atoms with Crippen molar-refractivity contribution >= 4 is 36.1 Å². The van der Waals surface area contributed by atoms with Crippen molar-refractivity contribution in [1.29, 1.82) is 0 Å². The number of primary amides is 2. The summed E-state index contributed by atoms with van der Waals surface area (Å²) in [5, 5.41) is 0. The first-order valence-corrected chi connectivity index (χ1v) is 26.8. The third kappa shape index (κ3) is 34.4. The molecule has 22 heteroatoms. The number of carbonyl (C=O) groups is 2. The Morgan fingerprint density at radius 2 is 0.562 bits per heavy atom. The third-order valence-corrected chi connectivity index (χ3v) is 10.9. The van der Waals surface area contributed by atoms with Crippen LogP contribution in [0, 0.1) is 0 Å². The molecule has 2 amide bonds. The lowest BCUT2D eigenvalue weighted by molar-refractivity contribution is -0.0415. The molecule has 22 nitrogen and oxygen atoms in total. The van der Waals surface area contributed by atoms with Crippen LogP contribution in [-0.2, 0) is 75.8 Å². The maximum Gasteiger partial charge on any atom is 0.248 e. The van der Waals surface area contributed by atoms with E-state index >= 15 is 0 Å². The minimum Gasteiger partial charge on any atom is -0.485 e. The van der Waals surface area contributed by atoms with Crippen LogP contribution in [0.15, 0.2) is 60.7 Å². The largest absolute Gasteiger partial charge is 0.485 e. The Kier molecular flexibility index (Phi) is 41.3. The molecule has 0 aliphatic heterocycles. The summed E-state index contributed by atoms with van der Waals surface area (Å²) in [5.41, 5.74) is 14.7. The highest BCUT2D eigenvalue weighted by molar-refractivity contribution is 5.93. The zero-order valence-corrected chi connectivity index (χ0v) is 47.4. The molecule has 0 fully saturated rings. The Bertz CT molecular complexity index is 1870. The topological polar surface area (TPSA) is 252 Å². The highest BCUT2D eigenvalue weighted by Crippen LogP contribution is 2.34. The molecule has 0 aliphatic carbocycles. The van der Waals surface area contributed by atoms with E-state index in [9.17, 15) is 9.59 Å². The van der Waals surface area contributed by atoms with Crippen molar-refractivity contribution in [3.63, 3.8) is 0 Å². The highest BCUT2D eigenvalue weighted by Gasteiger charge is 2.20. The summed E-state index contributed by atoms with van der Waals surface area (Å²) in [4.78, 5) is 23.9. The molecule has 450 valence electrons. The van der Waals surface area contributed by atoms with E-state index in [0.29, 0.717) is 166 Å². The second kappa shape index (κ2) is 47.7. The number of hydrogen-bond donors (Lipinski definition) is 2. The van der Waals surface area contributed by atoms with Gasteiger partial charge in [-0.3, -0.25) is 9.59 Å². The molecule has 3 aromatic carbocycles. The van der Waals surface area contributed by atoms with E-state index in [0.717, 1.165) is 11.1 Å². The van der Waals surface area contributed by atoms with E-state index < -0.39 is 24.0 Å². The van der Waals surface area contributed by atoms with E-state index in [2.05, 4.69) is 0 Å². The molecule has 0 radical (unpaired) electrons. The molecule has 0 bridgehead atoms. The zero-order valence-electron chi connectivity index (χ0n) is 47.4. The van der Waals surface area contributed by atoms with Gasteiger partial charge in [-0.05, 0) is 47.5 Å². The predicted molar refractivity (Wildman–Crippen MR) is 300 cm³/mol. The molecule has 80 heavy (non-hydrogen) atoms. The average Bonchev–Trinajstić information content (AvgIpc) is 3.46. The van der Waals surface area contributed by atoms with E-state index in [1.807, 2.05) is 36.4 Å². The molecule has 0 aromatic heterocycles. The summed E-state index contributed by atoms with van der Waals surface area (Å²) < 4.78 is 103. The second-order valence-corrected chi connectivity index (χ2v) is 17.2. The number of benzene rings is 3. The number of hydrogen-bond acceptors (Lipinski definition) is 20. The second-order valence-electron chi connectivity index (χ2n) is 17.2. The molecule has 4 N–H and O–H groups in total. The smallest absolute Gasteiger partial charge is 0.248 e. The number of amides is 2. The van der Waals surface area contributed by atoms with Gasteiger partial charge in [-0.15, -0.1) is 0 Å². The maximum atomic E-state index is 11.9. The molecule has 0 spiro atoms. The van der Waals surface area contributed by atoms with Crippen molar-refractivity contribution in [3.05, 3.63) is 94.0 Å². The minimum atomic E-state index is -0.621. The lowest BCUT2D eigenvalue weighted by Gasteiger charge is -2.24. The molecule has 3 aromatic rings. The van der Waals surface area contributed by atoms with Gasteiger partial charge in [0, 0.05) is 50.7 Å². The fourth-order valence-corrected chi connectivity index (χ4v) is 6.72. The van der Waals surface area contributed by atoms with Gasteiger partial charge in [0.25, 0.3) is 0 Å². The average molecular weight is 1130 g/mol. The lowest BCUT2D eigenvalue weighted by Crippen LogP contribution is -2.31. The molecule has 0 heterocycles. The van der Waals surface area contributed by atoms with Crippen LogP contribution in [0.4, 0.5) is 0 Å². The molecule has 0 unspecified atom stereocenters. The summed E-state index contributed by atoms with van der Waals surface area (Å²) in [6.07, 6.45) is 6.30. The molecule has 0 aliphatic rings. The predicted octanol–water partition coefficient (Wildman–Crippen LogP) is 4.50. The molecule has 3 rings (SSSR count). The Morgan fingerprint density at radius 1 is 0.338 bits per heavy atom. The van der Waals surface area contributed by atoms with Crippen LogP contribution in [0.3, 0.4) is 0 Å². The van der Waals surface area contributed by atoms with Crippen molar-refractivity contribution in [2.45, 2.75) is 12.2 Å². The monoisotopic (exact) mass is 1130 g/mol. The van der Waals surface area contributed by atoms with Crippen molar-refractivity contribution in [3.8, 4) is 11.5 Å². The molecular weight excluding hydrogens is 1040 g/mol. The highest BCUT2D eigenvalue weighted by atomic mass is 16.6. The standard InChI is InChI=1S/C58H88N2O20/c1-63-17-21-67-25-29-71-33-37-75-43-53(44-76-38-34-72-30-26-68-22-18-64-2)79-55-41-52(16-10-48-7-13-50(14-8-48)58(60)62)56(42-51(55)15-9-47-5-11-49(12-6-47)57(59)61)80-54(45-77-39-35-73-31-27-69-23-19-65-3)46-78-40-36-74-32-28-70-24-20-66-4/h5-16,41-42,53-54H,17-40,43-46H2,1-4H3,(H2,59,61)(H2,60,62)/b15-9+,16-10+. The van der Waals surface area contributed by atoms with Crippen molar-refractivity contribution < 1.29 is 94.9 Å². The first-order valence-electron chi connectivity index (χ1n) is 26.8. The lowest BCUT2D eigenvalue weighted by atomic mass is 10.0. The van der Waals surface area contributed by atoms with Crippen LogP contribution in [0.5, 0.6) is 11.5 Å². The van der Waals surface area contributed by atoms with Gasteiger partial charge in [0.1, 0.15) is 23.7 Å². The van der Waals surface area contributed by atoms with E-state index in [4.69, 9.17) is 96.7 Å². The maximum absolute atomic E-state index is 11.9. The number of methoxy groups -OCH3 is 4. The van der Waals surface area contributed by atoms with Gasteiger partial charge in [-0.2, -0.15) is 0 Å². The van der Waals surface area contributed by atoms with Gasteiger partial charge in [0.2, 0.25) is 11.8 Å². The molecule has 0 saturated carbocycles. The van der Waals surface area contributed by atoms with Crippen LogP contribution in [0.1, 0.15) is 43.0 Å². The third-order valence-electron chi connectivity index (χ3n) is 10.9. The van der Waals surface area contributed by atoms with E-state index in [1.165, 1.54) is 0 Å². The van der Waals surface area contributed by atoms with E-state index in [-0.39, 0.29) is 52.9 Å². The van der Waals surface area contributed by atoms with Crippen LogP contribution in [0.25, 0.3) is 24.3 Å². The Balaban J connectivity index is 2.01. The van der Waals surface area contributed by atoms with Gasteiger partial charge in [0.15, 0.2) is 0 Å². The van der Waals surface area contributed by atoms with Gasteiger partial charge in [-0.1, -0.05) is 48.6 Å². The van der Waals surface area contributed by atoms with Gasteiger partial charge < -0.3 is 96.7 Å². The number of carbonyl (C=O) groups excluding carboxylic acids is 2. The van der Waals surface area contributed by atoms with Gasteiger partial charge in [0.05, 0.1) is 185 Å². The van der Waals surface area contributed by atoms with Crippen LogP contribution >= 0.6 is 0 Å². The minimum absolute atomic E-state index is 0.140. The van der Waals surface area contributed by atoms with E-state index in [1.54, 1.807) is 77.0 Å². The number of ether oxygens (including phenoxy) is 18. The van der Waals surface area contributed by atoms with Crippen molar-refractivity contribution in [2.24, 2.45) is 11.5 Å². The van der Waals surface area contributed by atoms with Crippen LogP contribution in [-0.4, -0.2) is 237 Å². The summed E-state index contributed by atoms with van der Waals surface area (Å²) in [7, 11) is 6.48. The summed E-state index contributed by atoms with van der Waals surface area (Å²) in [5.74, 6) is -0.139. The van der Waals surface area contributed by atoms with Crippen LogP contribution < -0.4 is 20.9 Å². The molecular formula is C58H88N2O20. The first-order chi connectivity index (χ1) is 39.3. The fraction of sp³-hybridized carbons (Fsp3) is 0.586. The Hall–Kier alpha value is -4.96. The summed E-state index contributed by atoms with van der Waals surface area (Å²) in [6.45, 7) is 10.2. The Labute approximate surface area is 472 Å². The number of rotatable bonds is 54. The normalized spacial score (nSPS) is 11.8. The van der Waals surface area contributed by atoms with Crippen molar-refractivity contribution in [2.75, 3.05) is 213 Å². The molecule has 0 saturated heterocycles. The SMILES string of the molecule is COCCOCCOCCOCC(COCCOCCOCCOC)Oc1cc(/C=C/c2ccc(C(N)=O)cc2)c(OC(COCCOCCOCCOC)COCCOCCOCCOC)cc1/C=C/c1ccc(C(N)=O)cc1. The first kappa shape index (κ1) is 69.3. The summed E-state index contributed by atoms with van der Waals surface area (Å²) >= 11 is 0. The van der Waals surface area contributed by atoms with Gasteiger partial charge in [-0.25, -0.2) is 0 Å². The quantitative estimate of drug-likeness (QED) is 0.0583. The van der Waals surface area contributed by atoms with Crippen LogP contribution in [0.2, 0.25) is 0 Å². The Morgan fingerprint density at radius 3 is 0.787 bits per heavy atom. The zero-order chi connectivity index (χ0) is 57.4. The summed E-state index contributed by atoms with van der Waals surface area (Å²) in [6, 6.07) is 17.6.